The molecule has 0 spiro atoms. The topological polar surface area (TPSA) is 54.2 Å². The third-order valence-corrected chi connectivity index (χ3v) is 5.25. The maximum absolute atomic E-state index is 5.97. The first-order valence-electron chi connectivity index (χ1n) is 7.41. The first-order valence-corrected chi connectivity index (χ1v) is 8.19. The molecule has 1 aromatic rings. The zero-order valence-electron chi connectivity index (χ0n) is 11.7. The quantitative estimate of drug-likeness (QED) is 0.871. The Kier molecular flexibility index (Phi) is 3.93. The fourth-order valence-corrected chi connectivity index (χ4v) is 3.77. The molecule has 2 aliphatic rings. The Bertz CT molecular complexity index is 419. The van der Waals surface area contributed by atoms with Gasteiger partial charge in [0.2, 0.25) is 0 Å². The minimum Gasteiger partial charge on any atom is -0.383 e. The summed E-state index contributed by atoms with van der Waals surface area (Å²) in [5, 5.41) is 4.81. The van der Waals surface area contributed by atoms with Crippen LogP contribution >= 0.6 is 11.5 Å². The Morgan fingerprint density at radius 1 is 1.32 bits per heavy atom. The fourth-order valence-electron chi connectivity index (χ4n) is 2.94. The van der Waals surface area contributed by atoms with Crippen molar-refractivity contribution in [3.63, 3.8) is 0 Å². The van der Waals surface area contributed by atoms with E-state index >= 15 is 0 Å². The van der Waals surface area contributed by atoms with Gasteiger partial charge in [-0.1, -0.05) is 0 Å². The van der Waals surface area contributed by atoms with Crippen molar-refractivity contribution in [3.05, 3.63) is 5.56 Å². The third kappa shape index (κ3) is 3.20. The number of aromatic nitrogens is 1. The zero-order chi connectivity index (χ0) is 13.2. The number of piperidine rings is 1. The summed E-state index contributed by atoms with van der Waals surface area (Å²) in [4.78, 5) is 2.43. The van der Waals surface area contributed by atoms with Crippen molar-refractivity contribution in [2.75, 3.05) is 37.7 Å². The van der Waals surface area contributed by atoms with Gasteiger partial charge < -0.3 is 16.0 Å². The number of nitrogens with two attached hydrogens (primary N) is 1. The van der Waals surface area contributed by atoms with E-state index in [-0.39, 0.29) is 0 Å². The predicted molar refractivity (Wildman–Crippen MR) is 81.8 cm³/mol. The SMILES string of the molecule is CN1CCC(CCNc2snc(N)c2C2CC2)CC1. The second-order valence-electron chi connectivity index (χ2n) is 6.05. The summed E-state index contributed by atoms with van der Waals surface area (Å²) in [6.07, 6.45) is 6.53. The van der Waals surface area contributed by atoms with Gasteiger partial charge >= 0.3 is 0 Å². The van der Waals surface area contributed by atoms with Crippen LogP contribution in [0.15, 0.2) is 0 Å². The highest BCUT2D eigenvalue weighted by Gasteiger charge is 2.30. The van der Waals surface area contributed by atoms with Gasteiger partial charge in [0.25, 0.3) is 0 Å². The second kappa shape index (κ2) is 5.67. The van der Waals surface area contributed by atoms with E-state index in [0.29, 0.717) is 5.92 Å². The van der Waals surface area contributed by atoms with Crippen LogP contribution in [0.5, 0.6) is 0 Å². The van der Waals surface area contributed by atoms with Crippen LogP contribution in [-0.4, -0.2) is 36.0 Å². The molecule has 0 aromatic carbocycles. The van der Waals surface area contributed by atoms with E-state index in [1.165, 1.54) is 67.3 Å². The van der Waals surface area contributed by atoms with E-state index in [1.54, 1.807) is 0 Å². The van der Waals surface area contributed by atoms with Crippen LogP contribution in [0.4, 0.5) is 10.8 Å². The van der Waals surface area contributed by atoms with E-state index < -0.39 is 0 Å². The Morgan fingerprint density at radius 3 is 2.74 bits per heavy atom. The van der Waals surface area contributed by atoms with Crippen molar-refractivity contribution in [1.82, 2.24) is 9.27 Å². The summed E-state index contributed by atoms with van der Waals surface area (Å²) in [5.74, 6) is 2.33. The number of rotatable bonds is 5. The van der Waals surface area contributed by atoms with Crippen molar-refractivity contribution >= 4 is 22.4 Å². The van der Waals surface area contributed by atoms with E-state index in [1.807, 2.05) is 0 Å². The summed E-state index contributed by atoms with van der Waals surface area (Å²) in [6, 6.07) is 0. The maximum atomic E-state index is 5.97. The molecule has 0 amide bonds. The monoisotopic (exact) mass is 280 g/mol. The van der Waals surface area contributed by atoms with Gasteiger partial charge in [-0.3, -0.25) is 0 Å². The van der Waals surface area contributed by atoms with Crippen molar-refractivity contribution < 1.29 is 0 Å². The van der Waals surface area contributed by atoms with Gasteiger partial charge in [0.15, 0.2) is 0 Å². The molecule has 1 aliphatic carbocycles. The number of nitrogens with zero attached hydrogens (tertiary/aromatic N) is 2. The van der Waals surface area contributed by atoms with Crippen molar-refractivity contribution in [2.45, 2.75) is 38.0 Å². The molecule has 0 atom stereocenters. The number of hydrogen-bond acceptors (Lipinski definition) is 5. The number of nitrogen functional groups attached to an aromatic ring is 1. The summed E-state index contributed by atoms with van der Waals surface area (Å²) in [6.45, 7) is 3.58. The Balaban J connectivity index is 1.47. The number of hydrogen-bond donors (Lipinski definition) is 2. The largest absolute Gasteiger partial charge is 0.383 e. The van der Waals surface area contributed by atoms with Gasteiger partial charge in [0, 0.05) is 12.1 Å². The van der Waals surface area contributed by atoms with Gasteiger partial charge in [-0.2, -0.15) is 4.37 Å². The van der Waals surface area contributed by atoms with Crippen molar-refractivity contribution in [3.8, 4) is 0 Å². The standard InChI is InChI=1S/C14H24N4S/c1-18-8-5-10(6-9-18)4-7-16-14-12(11-2-3-11)13(15)17-19-14/h10-11,16H,2-9H2,1H3,(H2,15,17). The molecule has 2 fully saturated rings. The molecule has 1 aromatic heterocycles. The molecule has 1 saturated carbocycles. The summed E-state index contributed by atoms with van der Waals surface area (Å²) in [5.41, 5.74) is 7.27. The average Bonchev–Trinajstić information content (AvgIpc) is 3.17. The van der Waals surface area contributed by atoms with Crippen molar-refractivity contribution in [1.29, 1.82) is 0 Å². The molecule has 1 saturated heterocycles. The smallest absolute Gasteiger partial charge is 0.142 e. The van der Waals surface area contributed by atoms with E-state index in [0.717, 1.165) is 18.3 Å². The molecule has 106 valence electrons. The minimum absolute atomic E-state index is 0.685. The van der Waals surface area contributed by atoms with Crippen LogP contribution < -0.4 is 11.1 Å². The highest BCUT2D eigenvalue weighted by atomic mass is 32.1. The normalized spacial score (nSPS) is 21.7. The molecule has 2 heterocycles. The lowest BCUT2D eigenvalue weighted by Crippen LogP contribution is -2.30. The lowest BCUT2D eigenvalue weighted by Gasteiger charge is -2.28. The second-order valence-corrected chi connectivity index (χ2v) is 6.82. The minimum atomic E-state index is 0.685. The molecular formula is C14H24N4S. The molecule has 19 heavy (non-hydrogen) atoms. The van der Waals surface area contributed by atoms with E-state index in [4.69, 9.17) is 5.73 Å². The zero-order valence-corrected chi connectivity index (χ0v) is 12.5. The molecule has 4 nitrogen and oxygen atoms in total. The summed E-state index contributed by atoms with van der Waals surface area (Å²) < 4.78 is 4.30. The molecule has 0 unspecified atom stereocenters. The Labute approximate surface area is 119 Å². The summed E-state index contributed by atoms with van der Waals surface area (Å²) >= 11 is 1.54. The van der Waals surface area contributed by atoms with Gasteiger partial charge in [-0.15, -0.1) is 0 Å². The first-order chi connectivity index (χ1) is 9.24. The highest BCUT2D eigenvalue weighted by molar-refractivity contribution is 7.10. The predicted octanol–water partition coefficient (Wildman–Crippen LogP) is 2.75. The summed E-state index contributed by atoms with van der Waals surface area (Å²) in [7, 11) is 2.22. The lowest BCUT2D eigenvalue weighted by atomic mass is 9.94. The number of nitrogens with one attached hydrogen (secondary N) is 1. The van der Waals surface area contributed by atoms with E-state index in [9.17, 15) is 0 Å². The molecule has 0 radical (unpaired) electrons. The lowest BCUT2D eigenvalue weighted by molar-refractivity contribution is 0.215. The molecule has 1 aliphatic heterocycles. The Hall–Kier alpha value is -0.810. The highest BCUT2D eigenvalue weighted by Crippen LogP contribution is 2.47. The molecule has 3 N–H and O–H groups in total. The molecule has 5 heteroatoms. The first kappa shape index (κ1) is 13.2. The van der Waals surface area contributed by atoms with Gasteiger partial charge in [-0.25, -0.2) is 0 Å². The number of likely N-dealkylation sites (tertiary alicyclic amines) is 1. The third-order valence-electron chi connectivity index (χ3n) is 4.42. The van der Waals surface area contributed by atoms with Gasteiger partial charge in [-0.05, 0) is 75.6 Å². The van der Waals surface area contributed by atoms with Crippen molar-refractivity contribution in [2.24, 2.45) is 5.92 Å². The molecule has 3 rings (SSSR count). The number of anilines is 2. The Morgan fingerprint density at radius 2 is 2.05 bits per heavy atom. The van der Waals surface area contributed by atoms with Crippen LogP contribution in [0.25, 0.3) is 0 Å². The molecular weight excluding hydrogens is 256 g/mol. The van der Waals surface area contributed by atoms with Crippen LogP contribution in [0.1, 0.15) is 43.6 Å². The van der Waals surface area contributed by atoms with Gasteiger partial charge in [0.1, 0.15) is 10.8 Å². The average molecular weight is 280 g/mol. The van der Waals surface area contributed by atoms with Crippen LogP contribution in [0, 0.1) is 5.92 Å². The molecule has 0 bridgehead atoms. The van der Waals surface area contributed by atoms with Gasteiger partial charge in [0.05, 0.1) is 0 Å². The van der Waals surface area contributed by atoms with Crippen LogP contribution in [0.3, 0.4) is 0 Å². The van der Waals surface area contributed by atoms with Crippen LogP contribution in [0.2, 0.25) is 0 Å². The van der Waals surface area contributed by atoms with E-state index in [2.05, 4.69) is 21.6 Å². The van der Waals surface area contributed by atoms with Crippen LogP contribution in [-0.2, 0) is 0 Å². The maximum Gasteiger partial charge on any atom is 0.142 e. The fraction of sp³-hybridized carbons (Fsp3) is 0.786.